The SMILES string of the molecule is CC(NC[C@H](C)O)c1cn(C2CN(C(=O)OC(C)(C)C)C2)nn1. The van der Waals surface area contributed by atoms with Gasteiger partial charge in [-0.2, -0.15) is 0 Å². The summed E-state index contributed by atoms with van der Waals surface area (Å²) in [6.07, 6.45) is 1.19. The van der Waals surface area contributed by atoms with E-state index in [2.05, 4.69) is 15.6 Å². The molecule has 1 unspecified atom stereocenters. The lowest BCUT2D eigenvalue weighted by Crippen LogP contribution is -2.52. The second-order valence-electron chi connectivity index (χ2n) is 7.14. The van der Waals surface area contributed by atoms with Crippen molar-refractivity contribution in [2.45, 2.75) is 58.4 Å². The fourth-order valence-electron chi connectivity index (χ4n) is 2.22. The van der Waals surface area contributed by atoms with Crippen LogP contribution >= 0.6 is 0 Å². The first-order chi connectivity index (χ1) is 10.7. The van der Waals surface area contributed by atoms with Crippen molar-refractivity contribution in [2.75, 3.05) is 19.6 Å². The minimum absolute atomic E-state index is 0.0142. The van der Waals surface area contributed by atoms with Crippen LogP contribution in [0.25, 0.3) is 0 Å². The highest BCUT2D eigenvalue weighted by Gasteiger charge is 2.35. The van der Waals surface area contributed by atoms with E-state index in [1.165, 1.54) is 0 Å². The van der Waals surface area contributed by atoms with Gasteiger partial charge in [0.1, 0.15) is 5.60 Å². The number of nitrogens with one attached hydrogen (secondary N) is 1. The van der Waals surface area contributed by atoms with Crippen LogP contribution in [0.1, 0.15) is 52.4 Å². The van der Waals surface area contributed by atoms with Crippen LogP contribution in [0.3, 0.4) is 0 Å². The van der Waals surface area contributed by atoms with E-state index in [1.807, 2.05) is 33.9 Å². The van der Waals surface area contributed by atoms with Crippen LogP contribution in [0.4, 0.5) is 4.79 Å². The molecule has 2 N–H and O–H groups in total. The Hall–Kier alpha value is -1.67. The van der Waals surface area contributed by atoms with Crippen LogP contribution in [-0.2, 0) is 4.74 Å². The molecule has 23 heavy (non-hydrogen) atoms. The Kier molecular flexibility index (Phi) is 5.26. The Morgan fingerprint density at radius 3 is 2.70 bits per heavy atom. The number of aliphatic hydroxyl groups is 1. The summed E-state index contributed by atoms with van der Waals surface area (Å²) in [5, 5.41) is 20.8. The number of rotatable bonds is 5. The zero-order chi connectivity index (χ0) is 17.2. The molecular weight excluding hydrogens is 298 g/mol. The normalized spacial score (nSPS) is 18.4. The topological polar surface area (TPSA) is 92.5 Å². The van der Waals surface area contributed by atoms with Crippen LogP contribution in [0.15, 0.2) is 6.20 Å². The summed E-state index contributed by atoms with van der Waals surface area (Å²) in [4.78, 5) is 13.6. The molecule has 0 aromatic carbocycles. The quantitative estimate of drug-likeness (QED) is 0.842. The van der Waals surface area contributed by atoms with E-state index in [9.17, 15) is 9.90 Å². The monoisotopic (exact) mass is 325 g/mol. The molecular formula is C15H27N5O3. The zero-order valence-corrected chi connectivity index (χ0v) is 14.5. The first kappa shape index (κ1) is 17.7. The predicted octanol–water partition coefficient (Wildman–Crippen LogP) is 1.10. The van der Waals surface area contributed by atoms with E-state index in [-0.39, 0.29) is 18.2 Å². The van der Waals surface area contributed by atoms with Gasteiger partial charge in [-0.15, -0.1) is 5.10 Å². The number of aliphatic hydroxyl groups excluding tert-OH is 1. The summed E-state index contributed by atoms with van der Waals surface area (Å²) < 4.78 is 7.12. The number of carbonyl (C=O) groups is 1. The number of hydrogen-bond donors (Lipinski definition) is 2. The molecule has 0 bridgehead atoms. The van der Waals surface area contributed by atoms with E-state index >= 15 is 0 Å². The fourth-order valence-corrected chi connectivity index (χ4v) is 2.22. The number of ether oxygens (including phenoxy) is 1. The number of likely N-dealkylation sites (tertiary alicyclic amines) is 1. The zero-order valence-electron chi connectivity index (χ0n) is 14.5. The molecule has 2 heterocycles. The molecule has 1 aromatic rings. The first-order valence-electron chi connectivity index (χ1n) is 7.97. The Bertz CT molecular complexity index is 531. The van der Waals surface area contributed by atoms with Crippen LogP contribution in [0.5, 0.6) is 0 Å². The average Bonchev–Trinajstić information content (AvgIpc) is 2.81. The Morgan fingerprint density at radius 2 is 2.13 bits per heavy atom. The van der Waals surface area contributed by atoms with Gasteiger partial charge in [-0.3, -0.25) is 0 Å². The van der Waals surface area contributed by atoms with Gasteiger partial charge in [-0.25, -0.2) is 9.48 Å². The average molecular weight is 325 g/mol. The first-order valence-corrected chi connectivity index (χ1v) is 7.97. The molecule has 0 saturated carbocycles. The minimum atomic E-state index is -0.479. The van der Waals surface area contributed by atoms with Crippen molar-refractivity contribution in [2.24, 2.45) is 0 Å². The van der Waals surface area contributed by atoms with E-state index < -0.39 is 11.7 Å². The Labute approximate surface area is 136 Å². The molecule has 1 saturated heterocycles. The maximum Gasteiger partial charge on any atom is 0.410 e. The summed E-state index contributed by atoms with van der Waals surface area (Å²) in [5.41, 5.74) is 0.342. The third kappa shape index (κ3) is 4.90. The molecule has 2 rings (SSSR count). The highest BCUT2D eigenvalue weighted by Crippen LogP contribution is 2.23. The molecule has 0 spiro atoms. The van der Waals surface area contributed by atoms with Gasteiger partial charge in [0.2, 0.25) is 0 Å². The number of aromatic nitrogens is 3. The lowest BCUT2D eigenvalue weighted by atomic mass is 10.1. The van der Waals surface area contributed by atoms with Gasteiger partial charge in [-0.1, -0.05) is 5.21 Å². The molecule has 1 aliphatic heterocycles. The van der Waals surface area contributed by atoms with Crippen LogP contribution in [-0.4, -0.2) is 62.4 Å². The largest absolute Gasteiger partial charge is 0.444 e. The molecule has 130 valence electrons. The van der Waals surface area contributed by atoms with Crippen molar-refractivity contribution in [1.29, 1.82) is 0 Å². The minimum Gasteiger partial charge on any atom is -0.444 e. The Balaban J connectivity index is 1.83. The fraction of sp³-hybridized carbons (Fsp3) is 0.800. The number of nitrogens with zero attached hydrogens (tertiary/aromatic N) is 4. The van der Waals surface area contributed by atoms with E-state index in [0.717, 1.165) is 5.69 Å². The summed E-state index contributed by atoms with van der Waals surface area (Å²) in [6, 6.07) is 0.146. The molecule has 1 aromatic heterocycles. The molecule has 8 nitrogen and oxygen atoms in total. The van der Waals surface area contributed by atoms with Crippen molar-refractivity contribution in [3.05, 3.63) is 11.9 Å². The number of amides is 1. The second-order valence-corrected chi connectivity index (χ2v) is 7.14. The van der Waals surface area contributed by atoms with E-state index in [4.69, 9.17) is 4.74 Å². The summed E-state index contributed by atoms with van der Waals surface area (Å²) >= 11 is 0. The second kappa shape index (κ2) is 6.84. The van der Waals surface area contributed by atoms with Gasteiger partial charge < -0.3 is 20.1 Å². The molecule has 8 heteroatoms. The van der Waals surface area contributed by atoms with E-state index in [0.29, 0.717) is 19.6 Å². The number of carbonyl (C=O) groups excluding carboxylic acids is 1. The van der Waals surface area contributed by atoms with Crippen molar-refractivity contribution >= 4 is 6.09 Å². The summed E-state index contributed by atoms with van der Waals surface area (Å²) in [7, 11) is 0. The highest BCUT2D eigenvalue weighted by atomic mass is 16.6. The van der Waals surface area contributed by atoms with Crippen LogP contribution in [0.2, 0.25) is 0 Å². The van der Waals surface area contributed by atoms with Crippen molar-refractivity contribution < 1.29 is 14.6 Å². The maximum atomic E-state index is 11.9. The maximum absolute atomic E-state index is 11.9. The van der Waals surface area contributed by atoms with Gasteiger partial charge >= 0.3 is 6.09 Å². The summed E-state index contributed by atoms with van der Waals surface area (Å²) in [6.45, 7) is 10.9. The third-order valence-electron chi connectivity index (χ3n) is 3.58. The van der Waals surface area contributed by atoms with Gasteiger partial charge in [0.15, 0.2) is 0 Å². The summed E-state index contributed by atoms with van der Waals surface area (Å²) in [5.74, 6) is 0. The van der Waals surface area contributed by atoms with Gasteiger partial charge in [-0.05, 0) is 34.6 Å². The Morgan fingerprint density at radius 1 is 1.48 bits per heavy atom. The van der Waals surface area contributed by atoms with Gasteiger partial charge in [0, 0.05) is 19.6 Å². The molecule has 1 amide bonds. The van der Waals surface area contributed by atoms with Crippen molar-refractivity contribution in [3.63, 3.8) is 0 Å². The predicted molar refractivity (Wildman–Crippen MR) is 85.0 cm³/mol. The van der Waals surface area contributed by atoms with Crippen molar-refractivity contribution in [1.82, 2.24) is 25.2 Å². The van der Waals surface area contributed by atoms with Crippen LogP contribution in [0, 0.1) is 0 Å². The highest BCUT2D eigenvalue weighted by molar-refractivity contribution is 5.69. The van der Waals surface area contributed by atoms with Gasteiger partial charge in [0.05, 0.1) is 30.1 Å². The lowest BCUT2D eigenvalue weighted by Gasteiger charge is -2.39. The van der Waals surface area contributed by atoms with Crippen molar-refractivity contribution in [3.8, 4) is 0 Å². The number of hydrogen-bond acceptors (Lipinski definition) is 6. The smallest absolute Gasteiger partial charge is 0.410 e. The molecule has 0 radical (unpaired) electrons. The molecule has 1 aliphatic rings. The van der Waals surface area contributed by atoms with Crippen LogP contribution < -0.4 is 5.32 Å². The third-order valence-corrected chi connectivity index (χ3v) is 3.58. The molecule has 1 fully saturated rings. The lowest BCUT2D eigenvalue weighted by molar-refractivity contribution is -0.000619. The molecule has 2 atom stereocenters. The van der Waals surface area contributed by atoms with Gasteiger partial charge in [0.25, 0.3) is 0 Å². The molecule has 0 aliphatic carbocycles. The van der Waals surface area contributed by atoms with E-state index in [1.54, 1.807) is 16.5 Å². The standard InChI is InChI=1S/C15H27N5O3/c1-10(21)6-16-11(2)13-9-20(18-17-13)12-7-19(8-12)14(22)23-15(3,4)5/h9-12,16,21H,6-8H2,1-5H3/t10-,11?/m0/s1.